The number of carbonyl (C=O) groups excluding carboxylic acids is 1. The number of hydrogen-bond donors (Lipinski definition) is 1. The van der Waals surface area contributed by atoms with Gasteiger partial charge in [-0.25, -0.2) is 0 Å². The fourth-order valence-corrected chi connectivity index (χ4v) is 3.91. The van der Waals surface area contributed by atoms with E-state index >= 15 is 0 Å². The minimum Gasteiger partial charge on any atom is -0.491 e. The second-order valence-electron chi connectivity index (χ2n) is 6.73. The van der Waals surface area contributed by atoms with E-state index in [2.05, 4.69) is 18.7 Å². The summed E-state index contributed by atoms with van der Waals surface area (Å²) in [7, 11) is 0. The van der Waals surface area contributed by atoms with Crippen LogP contribution in [0.15, 0.2) is 58.3 Å². The van der Waals surface area contributed by atoms with Crippen molar-refractivity contribution in [3.8, 4) is 5.75 Å². The largest absolute Gasteiger partial charge is 0.491 e. The number of hydrogen-bond acceptors (Lipinski definition) is 5. The number of Topliss-reactive ketones (excluding diaryl/α,β-unsaturated/α-hetero) is 1. The van der Waals surface area contributed by atoms with Crippen LogP contribution in [0.4, 0.5) is 0 Å². The van der Waals surface area contributed by atoms with Gasteiger partial charge in [0.05, 0.1) is 12.1 Å². The topological polar surface area (TPSA) is 49.8 Å². The van der Waals surface area contributed by atoms with Gasteiger partial charge in [-0.3, -0.25) is 9.69 Å². The van der Waals surface area contributed by atoms with Crippen LogP contribution in [0.3, 0.4) is 0 Å². The van der Waals surface area contributed by atoms with Crippen molar-refractivity contribution in [2.24, 2.45) is 0 Å². The van der Waals surface area contributed by atoms with Crippen molar-refractivity contribution in [2.75, 3.05) is 26.3 Å². The molecule has 4 nitrogen and oxygen atoms in total. The van der Waals surface area contributed by atoms with E-state index in [0.717, 1.165) is 34.2 Å². The molecule has 2 aromatic carbocycles. The molecule has 5 heteroatoms. The van der Waals surface area contributed by atoms with E-state index in [-0.39, 0.29) is 12.4 Å². The third-order valence-electron chi connectivity index (χ3n) is 4.65. The van der Waals surface area contributed by atoms with Crippen molar-refractivity contribution in [3.63, 3.8) is 0 Å². The first kappa shape index (κ1) is 21.5. The molecule has 27 heavy (non-hydrogen) atoms. The van der Waals surface area contributed by atoms with E-state index < -0.39 is 5.54 Å². The van der Waals surface area contributed by atoms with Crippen molar-refractivity contribution in [2.45, 2.75) is 43.0 Å². The maximum absolute atomic E-state index is 12.9. The fraction of sp³-hybridized carbons (Fsp3) is 0.409. The second-order valence-corrected chi connectivity index (χ2v) is 7.88. The van der Waals surface area contributed by atoms with Crippen LogP contribution in [0.25, 0.3) is 0 Å². The summed E-state index contributed by atoms with van der Waals surface area (Å²) in [5.41, 5.74) is 0.228. The number of ether oxygens (including phenoxy) is 1. The molecular weight excluding hydrogens is 358 g/mol. The minimum atomic E-state index is -0.511. The summed E-state index contributed by atoms with van der Waals surface area (Å²) in [4.78, 5) is 17.3. The second kappa shape index (κ2) is 9.93. The Hall–Kier alpha value is -1.82. The molecule has 0 fully saturated rings. The smallest absolute Gasteiger partial charge is 0.182 e. The van der Waals surface area contributed by atoms with Gasteiger partial charge in [0.2, 0.25) is 0 Å². The van der Waals surface area contributed by atoms with Crippen molar-refractivity contribution < 1.29 is 14.6 Å². The lowest BCUT2D eigenvalue weighted by Gasteiger charge is -2.35. The lowest BCUT2D eigenvalue weighted by atomic mass is 9.91. The van der Waals surface area contributed by atoms with Gasteiger partial charge in [0.15, 0.2) is 5.78 Å². The normalized spacial score (nSPS) is 11.6. The summed E-state index contributed by atoms with van der Waals surface area (Å²) in [5, 5.41) is 8.79. The zero-order chi connectivity index (χ0) is 19.9. The Morgan fingerprint density at radius 2 is 1.52 bits per heavy atom. The van der Waals surface area contributed by atoms with Crippen LogP contribution in [-0.4, -0.2) is 47.6 Å². The van der Waals surface area contributed by atoms with Gasteiger partial charge in [-0.15, -0.1) is 0 Å². The highest BCUT2D eigenvalue weighted by Gasteiger charge is 2.33. The first-order valence-electron chi connectivity index (χ1n) is 9.33. The molecule has 0 aliphatic heterocycles. The summed E-state index contributed by atoms with van der Waals surface area (Å²) in [6.45, 7) is 10.1. The van der Waals surface area contributed by atoms with Gasteiger partial charge in [-0.2, -0.15) is 0 Å². The zero-order valence-electron chi connectivity index (χ0n) is 16.6. The molecule has 0 aliphatic rings. The predicted molar refractivity (Wildman–Crippen MR) is 111 cm³/mol. The summed E-state index contributed by atoms with van der Waals surface area (Å²) in [5.74, 6) is 0.890. The van der Waals surface area contributed by atoms with Crippen molar-refractivity contribution >= 4 is 17.5 Å². The molecule has 0 aliphatic carbocycles. The van der Waals surface area contributed by atoms with E-state index in [9.17, 15) is 4.79 Å². The Bertz CT molecular complexity index is 722. The van der Waals surface area contributed by atoms with Crippen molar-refractivity contribution in [1.82, 2.24) is 4.90 Å². The van der Waals surface area contributed by atoms with Gasteiger partial charge in [-0.1, -0.05) is 37.7 Å². The molecule has 0 heterocycles. The van der Waals surface area contributed by atoms with Gasteiger partial charge in [0.1, 0.15) is 12.4 Å². The Labute approximate surface area is 166 Å². The van der Waals surface area contributed by atoms with Gasteiger partial charge in [0, 0.05) is 15.4 Å². The number of aliphatic hydroxyl groups excluding tert-OH is 1. The molecule has 0 bridgehead atoms. The quantitative estimate of drug-likeness (QED) is 0.608. The van der Waals surface area contributed by atoms with Crippen LogP contribution in [0.1, 0.15) is 38.1 Å². The molecule has 0 spiro atoms. The molecule has 0 radical (unpaired) electrons. The number of nitrogens with zero attached hydrogens (tertiary/aromatic N) is 1. The van der Waals surface area contributed by atoms with E-state index in [0.29, 0.717) is 6.61 Å². The predicted octanol–water partition coefficient (Wildman–Crippen LogP) is 4.51. The zero-order valence-corrected chi connectivity index (χ0v) is 17.4. The molecule has 0 atom stereocenters. The van der Waals surface area contributed by atoms with Crippen molar-refractivity contribution in [3.05, 3.63) is 54.1 Å². The molecule has 1 N–H and O–H groups in total. The monoisotopic (exact) mass is 387 g/mol. The average Bonchev–Trinajstić information content (AvgIpc) is 2.68. The molecule has 0 saturated heterocycles. The van der Waals surface area contributed by atoms with Gasteiger partial charge >= 0.3 is 0 Å². The minimum absolute atomic E-state index is 0.00660. The van der Waals surface area contributed by atoms with Gasteiger partial charge in [-0.05, 0) is 63.3 Å². The maximum Gasteiger partial charge on any atom is 0.182 e. The van der Waals surface area contributed by atoms with E-state index in [1.807, 2.05) is 62.4 Å². The standard InChI is InChI=1S/C22H29NO3S/c1-5-23(6-2)22(3,4)21(25)17-7-11-19(12-8-17)27-20-13-9-18(10-14-20)26-16-15-24/h7-14,24H,5-6,15-16H2,1-4H3. The molecule has 2 rings (SSSR count). The number of rotatable bonds is 10. The number of benzene rings is 2. The fourth-order valence-electron chi connectivity index (χ4n) is 3.09. The highest BCUT2D eigenvalue weighted by Crippen LogP contribution is 2.30. The van der Waals surface area contributed by atoms with Crippen LogP contribution in [0.2, 0.25) is 0 Å². The maximum atomic E-state index is 12.9. The van der Waals surface area contributed by atoms with E-state index in [1.54, 1.807) is 11.8 Å². The first-order valence-corrected chi connectivity index (χ1v) is 10.2. The number of likely N-dealkylation sites (N-methyl/N-ethyl adjacent to an activating group) is 1. The molecule has 0 amide bonds. The number of aliphatic hydroxyl groups is 1. The molecule has 0 aromatic heterocycles. The molecule has 146 valence electrons. The SMILES string of the molecule is CCN(CC)C(C)(C)C(=O)c1ccc(Sc2ccc(OCCO)cc2)cc1. The van der Waals surface area contributed by atoms with Crippen LogP contribution < -0.4 is 4.74 Å². The summed E-state index contributed by atoms with van der Waals surface area (Å²) in [6.07, 6.45) is 0. The number of ketones is 1. The van der Waals surface area contributed by atoms with E-state index in [4.69, 9.17) is 9.84 Å². The first-order chi connectivity index (χ1) is 12.9. The molecule has 0 unspecified atom stereocenters. The molecule has 0 saturated carbocycles. The Morgan fingerprint density at radius 1 is 1.00 bits per heavy atom. The van der Waals surface area contributed by atoms with Gasteiger partial charge in [0.25, 0.3) is 0 Å². The average molecular weight is 388 g/mol. The van der Waals surface area contributed by atoms with E-state index in [1.165, 1.54) is 0 Å². The van der Waals surface area contributed by atoms with Gasteiger partial charge < -0.3 is 9.84 Å². The molecule has 2 aromatic rings. The third kappa shape index (κ3) is 5.58. The van der Waals surface area contributed by atoms with Crippen LogP contribution >= 0.6 is 11.8 Å². The van der Waals surface area contributed by atoms with Crippen molar-refractivity contribution in [1.29, 1.82) is 0 Å². The number of carbonyl (C=O) groups is 1. The lowest BCUT2D eigenvalue weighted by Crippen LogP contribution is -2.49. The van der Waals surface area contributed by atoms with Crippen LogP contribution in [-0.2, 0) is 0 Å². The Morgan fingerprint density at radius 3 is 2.00 bits per heavy atom. The Balaban J connectivity index is 2.05. The van der Waals surface area contributed by atoms with Crippen LogP contribution in [0.5, 0.6) is 5.75 Å². The summed E-state index contributed by atoms with van der Waals surface area (Å²) >= 11 is 1.64. The Kier molecular flexibility index (Phi) is 7.90. The summed E-state index contributed by atoms with van der Waals surface area (Å²) < 4.78 is 5.37. The highest BCUT2D eigenvalue weighted by atomic mass is 32.2. The third-order valence-corrected chi connectivity index (χ3v) is 5.66. The molecular formula is C22H29NO3S. The van der Waals surface area contributed by atoms with Crippen LogP contribution in [0, 0.1) is 0 Å². The summed E-state index contributed by atoms with van der Waals surface area (Å²) in [6, 6.07) is 15.6. The highest BCUT2D eigenvalue weighted by molar-refractivity contribution is 7.99. The lowest BCUT2D eigenvalue weighted by molar-refractivity contribution is 0.0668.